The Morgan fingerprint density at radius 3 is 2.87 bits per heavy atom. The molecule has 15 heavy (non-hydrogen) atoms. The SMILES string of the molecule is Fc1cc(Cl)cc(C2COCCN2)c1F. The number of halogens is 3. The molecule has 5 heteroatoms. The molecule has 0 amide bonds. The van der Waals surface area contributed by atoms with Gasteiger partial charge in [0.05, 0.1) is 19.3 Å². The highest BCUT2D eigenvalue weighted by Crippen LogP contribution is 2.25. The molecule has 2 rings (SSSR count). The second kappa shape index (κ2) is 4.43. The fourth-order valence-corrected chi connectivity index (χ4v) is 1.81. The second-order valence-electron chi connectivity index (χ2n) is 3.37. The monoisotopic (exact) mass is 233 g/mol. The maximum absolute atomic E-state index is 13.4. The largest absolute Gasteiger partial charge is 0.378 e. The average molecular weight is 234 g/mol. The summed E-state index contributed by atoms with van der Waals surface area (Å²) in [5.41, 5.74) is 0.222. The zero-order chi connectivity index (χ0) is 10.8. The number of benzene rings is 1. The highest BCUT2D eigenvalue weighted by Gasteiger charge is 2.21. The van der Waals surface area contributed by atoms with E-state index in [2.05, 4.69) is 5.32 Å². The quantitative estimate of drug-likeness (QED) is 0.752. The summed E-state index contributed by atoms with van der Waals surface area (Å²) < 4.78 is 31.7. The van der Waals surface area contributed by atoms with Crippen LogP contribution in [0, 0.1) is 11.6 Å². The predicted octanol–water partition coefficient (Wildman–Crippen LogP) is 2.28. The van der Waals surface area contributed by atoms with Crippen LogP contribution in [-0.4, -0.2) is 19.8 Å². The summed E-state index contributed by atoms with van der Waals surface area (Å²) in [5.74, 6) is -1.78. The molecule has 0 saturated carbocycles. The molecule has 0 spiro atoms. The van der Waals surface area contributed by atoms with Gasteiger partial charge in [-0.15, -0.1) is 0 Å². The molecule has 0 aliphatic carbocycles. The molecular weight excluding hydrogens is 224 g/mol. The lowest BCUT2D eigenvalue weighted by Gasteiger charge is -2.24. The summed E-state index contributed by atoms with van der Waals surface area (Å²) in [6.45, 7) is 1.54. The highest BCUT2D eigenvalue weighted by molar-refractivity contribution is 6.30. The topological polar surface area (TPSA) is 21.3 Å². The Morgan fingerprint density at radius 2 is 2.20 bits per heavy atom. The van der Waals surface area contributed by atoms with Gasteiger partial charge in [0.2, 0.25) is 0 Å². The van der Waals surface area contributed by atoms with Crippen LogP contribution in [0.5, 0.6) is 0 Å². The van der Waals surface area contributed by atoms with Gasteiger partial charge in [-0.05, 0) is 12.1 Å². The van der Waals surface area contributed by atoms with Gasteiger partial charge in [-0.2, -0.15) is 0 Å². The van der Waals surface area contributed by atoms with Crippen molar-refractivity contribution < 1.29 is 13.5 Å². The minimum absolute atomic E-state index is 0.191. The van der Waals surface area contributed by atoms with Gasteiger partial charge in [-0.3, -0.25) is 0 Å². The van der Waals surface area contributed by atoms with Crippen LogP contribution in [0.1, 0.15) is 11.6 Å². The Labute approximate surface area is 91.2 Å². The van der Waals surface area contributed by atoms with Gasteiger partial charge in [-0.25, -0.2) is 8.78 Å². The molecule has 1 unspecified atom stereocenters. The molecule has 0 aromatic heterocycles. The zero-order valence-electron chi connectivity index (χ0n) is 7.90. The van der Waals surface area contributed by atoms with E-state index in [1.165, 1.54) is 6.07 Å². The predicted molar refractivity (Wildman–Crippen MR) is 52.9 cm³/mol. The van der Waals surface area contributed by atoms with Gasteiger partial charge in [-0.1, -0.05) is 11.6 Å². The van der Waals surface area contributed by atoms with Gasteiger partial charge in [0, 0.05) is 17.1 Å². The van der Waals surface area contributed by atoms with Gasteiger partial charge in [0.15, 0.2) is 11.6 Å². The Bertz CT molecular complexity index is 367. The summed E-state index contributed by atoms with van der Waals surface area (Å²) in [6, 6.07) is 2.06. The molecule has 1 fully saturated rings. The van der Waals surface area contributed by atoms with Crippen LogP contribution in [0.2, 0.25) is 5.02 Å². The molecule has 1 aliphatic rings. The van der Waals surface area contributed by atoms with Gasteiger partial charge < -0.3 is 10.1 Å². The van der Waals surface area contributed by atoms with E-state index >= 15 is 0 Å². The fourth-order valence-electron chi connectivity index (χ4n) is 1.59. The lowest BCUT2D eigenvalue weighted by molar-refractivity contribution is 0.0755. The summed E-state index contributed by atoms with van der Waals surface area (Å²) in [6.07, 6.45) is 0. The molecule has 1 aliphatic heterocycles. The summed E-state index contributed by atoms with van der Waals surface area (Å²) >= 11 is 5.67. The molecule has 2 nitrogen and oxygen atoms in total. The van der Waals surface area contributed by atoms with Crippen LogP contribution in [0.3, 0.4) is 0 Å². The minimum Gasteiger partial charge on any atom is -0.378 e. The molecule has 82 valence electrons. The number of hydrogen-bond donors (Lipinski definition) is 1. The van der Waals surface area contributed by atoms with E-state index in [4.69, 9.17) is 16.3 Å². The van der Waals surface area contributed by atoms with Crippen LogP contribution in [0.4, 0.5) is 8.78 Å². The van der Waals surface area contributed by atoms with Crippen LogP contribution >= 0.6 is 11.6 Å². The molecule has 1 saturated heterocycles. The number of ether oxygens (including phenoxy) is 1. The molecule has 0 bridgehead atoms. The van der Waals surface area contributed by atoms with Crippen LogP contribution in [0.25, 0.3) is 0 Å². The third-order valence-electron chi connectivity index (χ3n) is 2.32. The van der Waals surface area contributed by atoms with Crippen molar-refractivity contribution in [3.63, 3.8) is 0 Å². The lowest BCUT2D eigenvalue weighted by Crippen LogP contribution is -2.35. The molecule has 1 N–H and O–H groups in total. The first-order chi connectivity index (χ1) is 7.18. The number of morpholine rings is 1. The fraction of sp³-hybridized carbons (Fsp3) is 0.400. The van der Waals surface area contributed by atoms with E-state index in [0.29, 0.717) is 19.8 Å². The summed E-state index contributed by atoms with van der Waals surface area (Å²) in [7, 11) is 0. The molecular formula is C10H10ClF2NO. The molecule has 1 heterocycles. The Balaban J connectivity index is 2.33. The summed E-state index contributed by atoms with van der Waals surface area (Å²) in [4.78, 5) is 0. The van der Waals surface area contributed by atoms with Crippen molar-refractivity contribution >= 4 is 11.6 Å². The van der Waals surface area contributed by atoms with Gasteiger partial charge in [0.25, 0.3) is 0 Å². The first-order valence-electron chi connectivity index (χ1n) is 4.64. The molecule has 0 radical (unpaired) electrons. The van der Waals surface area contributed by atoms with E-state index in [1.807, 2.05) is 0 Å². The normalized spacial score (nSPS) is 21.7. The average Bonchev–Trinajstić information content (AvgIpc) is 2.24. The minimum atomic E-state index is -0.926. The van der Waals surface area contributed by atoms with Crippen molar-refractivity contribution in [2.24, 2.45) is 0 Å². The van der Waals surface area contributed by atoms with E-state index in [9.17, 15) is 8.78 Å². The zero-order valence-corrected chi connectivity index (χ0v) is 8.65. The Kier molecular flexibility index (Phi) is 3.19. The molecule has 1 aromatic carbocycles. The van der Waals surface area contributed by atoms with Crippen LogP contribution in [-0.2, 0) is 4.74 Å². The Hall–Kier alpha value is -0.710. The maximum Gasteiger partial charge on any atom is 0.163 e. The molecule has 1 atom stereocenters. The van der Waals surface area contributed by atoms with Crippen molar-refractivity contribution in [2.45, 2.75) is 6.04 Å². The second-order valence-corrected chi connectivity index (χ2v) is 3.81. The first-order valence-corrected chi connectivity index (χ1v) is 5.02. The third-order valence-corrected chi connectivity index (χ3v) is 2.54. The van der Waals surface area contributed by atoms with E-state index < -0.39 is 11.6 Å². The summed E-state index contributed by atoms with van der Waals surface area (Å²) in [5, 5.41) is 3.23. The van der Waals surface area contributed by atoms with E-state index in [-0.39, 0.29) is 16.6 Å². The maximum atomic E-state index is 13.4. The van der Waals surface area contributed by atoms with E-state index in [1.54, 1.807) is 0 Å². The first kappa shape index (κ1) is 10.8. The van der Waals surface area contributed by atoms with Crippen molar-refractivity contribution in [2.75, 3.05) is 19.8 Å². The van der Waals surface area contributed by atoms with Crippen LogP contribution < -0.4 is 5.32 Å². The van der Waals surface area contributed by atoms with Crippen molar-refractivity contribution in [3.05, 3.63) is 34.4 Å². The van der Waals surface area contributed by atoms with Gasteiger partial charge in [0.1, 0.15) is 0 Å². The van der Waals surface area contributed by atoms with Crippen molar-refractivity contribution in [1.29, 1.82) is 0 Å². The number of nitrogens with one attached hydrogen (secondary N) is 1. The van der Waals surface area contributed by atoms with Crippen molar-refractivity contribution in [1.82, 2.24) is 5.32 Å². The smallest absolute Gasteiger partial charge is 0.163 e. The van der Waals surface area contributed by atoms with E-state index in [0.717, 1.165) is 6.07 Å². The number of rotatable bonds is 1. The highest BCUT2D eigenvalue weighted by atomic mass is 35.5. The van der Waals surface area contributed by atoms with Crippen molar-refractivity contribution in [3.8, 4) is 0 Å². The number of hydrogen-bond acceptors (Lipinski definition) is 2. The lowest BCUT2D eigenvalue weighted by atomic mass is 10.1. The molecule has 1 aromatic rings. The third kappa shape index (κ3) is 2.27. The Morgan fingerprint density at radius 1 is 1.40 bits per heavy atom. The standard InChI is InChI=1S/C10H10ClF2NO/c11-6-3-7(10(13)8(12)4-6)9-5-15-2-1-14-9/h3-4,9,14H,1-2,5H2. The van der Waals surface area contributed by atoms with Gasteiger partial charge >= 0.3 is 0 Å². The van der Waals surface area contributed by atoms with Crippen LogP contribution in [0.15, 0.2) is 12.1 Å².